The summed E-state index contributed by atoms with van der Waals surface area (Å²) >= 11 is 0. The fourth-order valence-corrected chi connectivity index (χ4v) is 12.0. The number of nitrogens with zero attached hydrogens (tertiary/aromatic N) is 6. The van der Waals surface area contributed by atoms with Gasteiger partial charge in [0.2, 0.25) is 5.95 Å². The van der Waals surface area contributed by atoms with Crippen LogP contribution < -0.4 is 9.80 Å². The molecule has 15 rings (SSSR count). The van der Waals surface area contributed by atoms with Gasteiger partial charge < -0.3 is 14.4 Å². The number of aromatic nitrogens is 4. The lowest BCUT2D eigenvalue weighted by Crippen LogP contribution is -2.09. The zero-order valence-corrected chi connectivity index (χ0v) is 44.7. The molecule has 0 saturated heterocycles. The first-order valence-electron chi connectivity index (χ1n) is 27.8. The molecule has 3 aromatic heterocycles. The Morgan fingerprint density at radius 1 is 0.232 bits per heavy atom. The van der Waals surface area contributed by atoms with Gasteiger partial charge in [0.15, 0.2) is 0 Å². The molecule has 0 fully saturated rings. The van der Waals surface area contributed by atoms with Gasteiger partial charge in [0.1, 0.15) is 0 Å². The van der Waals surface area contributed by atoms with Crippen LogP contribution in [-0.2, 0) is 0 Å². The van der Waals surface area contributed by atoms with Gasteiger partial charge in [0, 0.05) is 72.5 Å². The van der Waals surface area contributed by atoms with E-state index >= 15 is 0 Å². The van der Waals surface area contributed by atoms with E-state index in [0.717, 1.165) is 117 Å². The minimum atomic E-state index is 0.578. The molecular weight excluding hydrogens is 997 g/mol. The smallest absolute Gasteiger partial charge is 0.235 e. The average molecular weight is 1050 g/mol. The van der Waals surface area contributed by atoms with Crippen molar-refractivity contribution in [3.8, 4) is 56.4 Å². The molecular formula is C76H52N6. The van der Waals surface area contributed by atoms with E-state index in [0.29, 0.717) is 5.95 Å². The molecule has 0 radical (unpaired) electrons. The van der Waals surface area contributed by atoms with Gasteiger partial charge in [-0.3, -0.25) is 4.57 Å². The molecule has 386 valence electrons. The van der Waals surface area contributed by atoms with E-state index < -0.39 is 0 Å². The Kier molecular flexibility index (Phi) is 12.1. The normalized spacial score (nSPS) is 11.4. The second-order valence-electron chi connectivity index (χ2n) is 20.6. The molecule has 0 N–H and O–H groups in total. The minimum Gasteiger partial charge on any atom is -0.310 e. The molecule has 0 amide bonds. The number of benzene rings is 12. The zero-order valence-electron chi connectivity index (χ0n) is 44.7. The van der Waals surface area contributed by atoms with E-state index in [4.69, 9.17) is 9.97 Å². The average Bonchev–Trinajstić information content (AvgIpc) is 4.12. The number of hydrogen-bond donors (Lipinski definition) is 0. The summed E-state index contributed by atoms with van der Waals surface area (Å²) in [6.45, 7) is 0. The topological polar surface area (TPSA) is 42.1 Å². The SMILES string of the molecule is c1ccc(-c2ccc(-c3ccccc3)c(-c3cc(-c4cccc(-n5c6ccccc6c6cc(N(c7ccccc7)c7ccccc7)ccc65)c4)nc(-n4c5ccccc5c5cc(N(c6ccccc6)c6ccccc6)ccc54)n3)c2)cc1. The highest BCUT2D eigenvalue weighted by atomic mass is 15.2. The van der Waals surface area contributed by atoms with Crippen LogP contribution in [0.3, 0.4) is 0 Å². The van der Waals surface area contributed by atoms with Crippen LogP contribution in [-0.4, -0.2) is 19.1 Å². The summed E-state index contributed by atoms with van der Waals surface area (Å²) in [5, 5.41) is 4.55. The lowest BCUT2D eigenvalue weighted by atomic mass is 9.93. The molecule has 6 heteroatoms. The summed E-state index contributed by atoms with van der Waals surface area (Å²) < 4.78 is 4.65. The lowest BCUT2D eigenvalue weighted by Gasteiger charge is -2.25. The molecule has 82 heavy (non-hydrogen) atoms. The van der Waals surface area contributed by atoms with Gasteiger partial charge in [-0.1, -0.05) is 194 Å². The molecule has 0 aliphatic carbocycles. The summed E-state index contributed by atoms with van der Waals surface area (Å²) in [5.74, 6) is 0.578. The van der Waals surface area contributed by atoms with Crippen LogP contribution in [0.25, 0.3) is 100 Å². The third kappa shape index (κ3) is 8.63. The lowest BCUT2D eigenvalue weighted by molar-refractivity contribution is 0.995. The Hall–Kier alpha value is -11.1. The maximum Gasteiger partial charge on any atom is 0.235 e. The van der Waals surface area contributed by atoms with Crippen molar-refractivity contribution in [2.75, 3.05) is 9.80 Å². The molecule has 12 aromatic carbocycles. The zero-order chi connectivity index (χ0) is 54.3. The number of fused-ring (bicyclic) bond motifs is 6. The molecule has 15 aromatic rings. The first-order chi connectivity index (χ1) is 40.7. The van der Waals surface area contributed by atoms with Crippen molar-refractivity contribution in [2.45, 2.75) is 0 Å². The molecule has 0 aliphatic heterocycles. The first kappa shape index (κ1) is 48.1. The van der Waals surface area contributed by atoms with Crippen LogP contribution in [0, 0.1) is 0 Å². The van der Waals surface area contributed by atoms with Crippen LogP contribution in [0.1, 0.15) is 0 Å². The monoisotopic (exact) mass is 1050 g/mol. The summed E-state index contributed by atoms with van der Waals surface area (Å²) in [6.07, 6.45) is 0. The Bertz CT molecular complexity index is 4710. The van der Waals surface area contributed by atoms with E-state index in [1.807, 2.05) is 0 Å². The van der Waals surface area contributed by atoms with Crippen molar-refractivity contribution < 1.29 is 0 Å². The molecule has 3 heterocycles. The summed E-state index contributed by atoms with van der Waals surface area (Å²) in [5.41, 5.74) is 19.8. The molecule has 0 spiro atoms. The Balaban J connectivity index is 0.941. The van der Waals surface area contributed by atoms with E-state index in [9.17, 15) is 0 Å². The van der Waals surface area contributed by atoms with Crippen LogP contribution in [0.2, 0.25) is 0 Å². The highest BCUT2D eigenvalue weighted by molar-refractivity contribution is 6.12. The molecule has 6 nitrogen and oxygen atoms in total. The first-order valence-corrected chi connectivity index (χ1v) is 27.8. The molecule has 0 atom stereocenters. The second-order valence-corrected chi connectivity index (χ2v) is 20.6. The van der Waals surface area contributed by atoms with Crippen molar-refractivity contribution in [1.82, 2.24) is 19.1 Å². The second kappa shape index (κ2) is 20.6. The fourth-order valence-electron chi connectivity index (χ4n) is 12.0. The van der Waals surface area contributed by atoms with E-state index in [-0.39, 0.29) is 0 Å². The van der Waals surface area contributed by atoms with E-state index in [1.165, 1.54) is 10.8 Å². The fraction of sp³-hybridized carbons (Fsp3) is 0. The van der Waals surface area contributed by atoms with Gasteiger partial charge in [-0.15, -0.1) is 0 Å². The summed E-state index contributed by atoms with van der Waals surface area (Å²) in [6, 6.07) is 112. The molecule has 0 unspecified atom stereocenters. The molecule has 0 bridgehead atoms. The van der Waals surface area contributed by atoms with Crippen molar-refractivity contribution in [2.24, 2.45) is 0 Å². The van der Waals surface area contributed by atoms with Crippen LogP contribution in [0.4, 0.5) is 34.1 Å². The van der Waals surface area contributed by atoms with Crippen molar-refractivity contribution in [3.05, 3.63) is 315 Å². The predicted octanol–water partition coefficient (Wildman–Crippen LogP) is 20.3. The maximum atomic E-state index is 5.70. The van der Waals surface area contributed by atoms with Gasteiger partial charge in [0.25, 0.3) is 0 Å². The third-order valence-corrected chi connectivity index (χ3v) is 15.7. The van der Waals surface area contributed by atoms with Crippen molar-refractivity contribution in [1.29, 1.82) is 0 Å². The summed E-state index contributed by atoms with van der Waals surface area (Å²) in [7, 11) is 0. The van der Waals surface area contributed by atoms with Gasteiger partial charge in [-0.25, -0.2) is 9.97 Å². The van der Waals surface area contributed by atoms with Crippen LogP contribution >= 0.6 is 0 Å². The minimum absolute atomic E-state index is 0.578. The molecule has 0 saturated carbocycles. The maximum absolute atomic E-state index is 5.70. The van der Waals surface area contributed by atoms with Crippen molar-refractivity contribution >= 4 is 77.7 Å². The predicted molar refractivity (Wildman–Crippen MR) is 342 cm³/mol. The van der Waals surface area contributed by atoms with Gasteiger partial charge in [-0.2, -0.15) is 0 Å². The van der Waals surface area contributed by atoms with Gasteiger partial charge in [-0.05, 0) is 144 Å². The van der Waals surface area contributed by atoms with Crippen molar-refractivity contribution in [3.63, 3.8) is 0 Å². The standard InChI is InChI=1S/C76H52N6/c1-7-24-53(25-8-1)55-42-45-64(54-26-9-2-10-27-54)67(49-55)71-52-70(77-76(78-71)82-73-41-22-20-39-66(73)69-51-63(44-47-75(69)82)80(59-33-15-5-16-34-59)60-35-17-6-18-36-60)56-28-23-37-61(48-56)81-72-40-21-19-38-65(72)68-50-62(43-46-74(68)81)79(57-29-11-3-12-30-57)58-31-13-4-14-32-58/h1-52H. The largest absolute Gasteiger partial charge is 0.310 e. The number of para-hydroxylation sites is 6. The van der Waals surface area contributed by atoms with Gasteiger partial charge in [0.05, 0.1) is 33.5 Å². The van der Waals surface area contributed by atoms with Gasteiger partial charge >= 0.3 is 0 Å². The quantitative estimate of drug-likeness (QED) is 0.122. The van der Waals surface area contributed by atoms with Crippen LogP contribution in [0.15, 0.2) is 315 Å². The van der Waals surface area contributed by atoms with E-state index in [2.05, 4.69) is 334 Å². The van der Waals surface area contributed by atoms with E-state index in [1.54, 1.807) is 0 Å². The number of rotatable bonds is 12. The third-order valence-electron chi connectivity index (χ3n) is 15.7. The Morgan fingerprint density at radius 2 is 0.659 bits per heavy atom. The highest BCUT2D eigenvalue weighted by Gasteiger charge is 2.23. The molecule has 0 aliphatic rings. The van der Waals surface area contributed by atoms with Crippen LogP contribution in [0.5, 0.6) is 0 Å². The highest BCUT2D eigenvalue weighted by Crippen LogP contribution is 2.44. The Labute approximate surface area is 476 Å². The number of hydrogen-bond acceptors (Lipinski definition) is 4. The number of anilines is 6. The summed E-state index contributed by atoms with van der Waals surface area (Å²) in [4.78, 5) is 16.0. The Morgan fingerprint density at radius 3 is 1.20 bits per heavy atom.